The first kappa shape index (κ1) is 25.5. The maximum atomic E-state index is 13.2. The third kappa shape index (κ3) is 4.09. The number of rotatable bonds is 7. The molecule has 3 aliphatic heterocycles. The fourth-order valence-corrected chi connectivity index (χ4v) is 5.37. The fourth-order valence-electron chi connectivity index (χ4n) is 5.37. The SMILES string of the molecule is COc1cc2c(OC3OC[C@H](OC)[C@@H](OC)[C@@H]3O)c3c(c(-c4ccc5c(c4)OCO5)c2cc1OC)C(=O)OC3. The molecular formula is C28H28O11. The number of carbonyl (C=O) groups excluding carboxylic acids is 1. The molecule has 11 nitrogen and oxygen atoms in total. The third-order valence-electron chi connectivity index (χ3n) is 7.29. The number of aliphatic hydroxyl groups is 1. The van der Waals surface area contributed by atoms with Gasteiger partial charge in [0.25, 0.3) is 0 Å². The van der Waals surface area contributed by atoms with Crippen LogP contribution in [-0.4, -0.2) is 77.5 Å². The van der Waals surface area contributed by atoms with E-state index in [1.807, 2.05) is 12.1 Å². The zero-order valence-electron chi connectivity index (χ0n) is 21.8. The molecule has 206 valence electrons. The van der Waals surface area contributed by atoms with Crippen molar-refractivity contribution in [2.45, 2.75) is 31.2 Å². The minimum atomic E-state index is -1.17. The van der Waals surface area contributed by atoms with E-state index in [2.05, 4.69) is 0 Å². The van der Waals surface area contributed by atoms with Crippen molar-refractivity contribution in [2.24, 2.45) is 0 Å². The standard InChI is InChI=1S/C28H28O11/c1-31-18-8-14-15(9-19(18)32-2)25(39-28-24(29)26(34-4)21(33-3)11-36-28)16-10-35-27(30)23(16)22(14)13-5-6-17-20(7-13)38-12-37-17/h5-9,21,24,26,28-29H,10-12H2,1-4H3/t21-,24-,26+,28?/m0/s1. The lowest BCUT2D eigenvalue weighted by Gasteiger charge is -2.38. The Kier molecular flexibility index (Phi) is 6.59. The van der Waals surface area contributed by atoms with Gasteiger partial charge in [-0.25, -0.2) is 4.79 Å². The summed E-state index contributed by atoms with van der Waals surface area (Å²) in [5.74, 6) is 1.92. The summed E-state index contributed by atoms with van der Waals surface area (Å²) in [5, 5.41) is 12.3. The van der Waals surface area contributed by atoms with E-state index in [1.54, 1.807) is 18.2 Å². The summed E-state index contributed by atoms with van der Waals surface area (Å²) in [6.45, 7) is 0.231. The molecule has 6 rings (SSSR count). The second-order valence-corrected chi connectivity index (χ2v) is 9.24. The number of ether oxygens (including phenoxy) is 9. The molecule has 0 spiro atoms. The van der Waals surface area contributed by atoms with Gasteiger partial charge in [-0.1, -0.05) is 6.07 Å². The van der Waals surface area contributed by atoms with Gasteiger partial charge in [-0.05, 0) is 35.2 Å². The van der Waals surface area contributed by atoms with Gasteiger partial charge < -0.3 is 47.7 Å². The Labute approximate surface area is 224 Å². The van der Waals surface area contributed by atoms with Crippen molar-refractivity contribution in [1.29, 1.82) is 0 Å². The highest BCUT2D eigenvalue weighted by Gasteiger charge is 2.43. The first-order valence-electron chi connectivity index (χ1n) is 12.3. The van der Waals surface area contributed by atoms with E-state index in [-0.39, 0.29) is 20.0 Å². The zero-order valence-corrected chi connectivity index (χ0v) is 21.8. The molecule has 0 saturated carbocycles. The molecule has 0 bridgehead atoms. The second-order valence-electron chi connectivity index (χ2n) is 9.24. The molecule has 0 amide bonds. The Morgan fingerprint density at radius 3 is 2.33 bits per heavy atom. The number of fused-ring (bicyclic) bond motifs is 3. The van der Waals surface area contributed by atoms with Crippen LogP contribution in [0.4, 0.5) is 0 Å². The van der Waals surface area contributed by atoms with Crippen LogP contribution in [0.2, 0.25) is 0 Å². The summed E-state index contributed by atoms with van der Waals surface area (Å²) in [7, 11) is 6.07. The Morgan fingerprint density at radius 2 is 1.62 bits per heavy atom. The lowest BCUT2D eigenvalue weighted by atomic mass is 9.89. The monoisotopic (exact) mass is 540 g/mol. The molecule has 1 saturated heterocycles. The molecule has 11 heteroatoms. The van der Waals surface area contributed by atoms with Crippen LogP contribution < -0.4 is 23.7 Å². The number of cyclic esters (lactones) is 1. The van der Waals surface area contributed by atoms with Crippen LogP contribution in [0.3, 0.4) is 0 Å². The summed E-state index contributed by atoms with van der Waals surface area (Å²) in [6.07, 6.45) is -3.44. The molecule has 3 aromatic carbocycles. The van der Waals surface area contributed by atoms with Crippen LogP contribution in [0.5, 0.6) is 28.7 Å². The highest BCUT2D eigenvalue weighted by atomic mass is 16.7. The van der Waals surface area contributed by atoms with Gasteiger partial charge in [0.15, 0.2) is 23.0 Å². The Bertz CT molecular complexity index is 1440. The van der Waals surface area contributed by atoms with Crippen molar-refractivity contribution in [1.82, 2.24) is 0 Å². The average molecular weight is 541 g/mol. The summed E-state index contributed by atoms with van der Waals surface area (Å²) in [6, 6.07) is 9.02. The minimum absolute atomic E-state index is 0.0252. The highest BCUT2D eigenvalue weighted by molar-refractivity contribution is 6.14. The number of aliphatic hydroxyl groups excluding tert-OH is 1. The molecule has 1 unspecified atom stereocenters. The number of hydrogen-bond donors (Lipinski definition) is 1. The highest BCUT2D eigenvalue weighted by Crippen LogP contribution is 2.49. The first-order valence-corrected chi connectivity index (χ1v) is 12.3. The van der Waals surface area contributed by atoms with Gasteiger partial charge in [0, 0.05) is 30.7 Å². The third-order valence-corrected chi connectivity index (χ3v) is 7.29. The maximum absolute atomic E-state index is 13.2. The van der Waals surface area contributed by atoms with E-state index >= 15 is 0 Å². The van der Waals surface area contributed by atoms with Crippen molar-refractivity contribution in [3.8, 4) is 39.9 Å². The molecular weight excluding hydrogens is 512 g/mol. The molecule has 1 fully saturated rings. The summed E-state index contributed by atoms with van der Waals surface area (Å²) < 4.78 is 50.8. The van der Waals surface area contributed by atoms with Crippen LogP contribution in [0.25, 0.3) is 21.9 Å². The van der Waals surface area contributed by atoms with Crippen molar-refractivity contribution >= 4 is 16.7 Å². The van der Waals surface area contributed by atoms with E-state index in [9.17, 15) is 9.90 Å². The number of hydrogen-bond acceptors (Lipinski definition) is 11. The topological polar surface area (TPSA) is 120 Å². The van der Waals surface area contributed by atoms with Gasteiger partial charge in [-0.2, -0.15) is 0 Å². The van der Waals surface area contributed by atoms with E-state index in [0.717, 1.165) is 5.56 Å². The molecule has 0 radical (unpaired) electrons. The minimum Gasteiger partial charge on any atom is -0.493 e. The normalized spacial score (nSPS) is 23.5. The predicted octanol–water partition coefficient (Wildman–Crippen LogP) is 3.05. The van der Waals surface area contributed by atoms with Gasteiger partial charge in [0.05, 0.1) is 26.4 Å². The molecule has 39 heavy (non-hydrogen) atoms. The predicted molar refractivity (Wildman–Crippen MR) is 136 cm³/mol. The number of methoxy groups -OCH3 is 4. The Balaban J connectivity index is 1.57. The zero-order chi connectivity index (χ0) is 27.3. The van der Waals surface area contributed by atoms with Crippen LogP contribution in [0.1, 0.15) is 15.9 Å². The summed E-state index contributed by atoms with van der Waals surface area (Å²) >= 11 is 0. The van der Waals surface area contributed by atoms with Crippen LogP contribution in [-0.2, 0) is 25.6 Å². The van der Waals surface area contributed by atoms with Gasteiger partial charge in [-0.3, -0.25) is 0 Å². The number of carbonyl (C=O) groups is 1. The van der Waals surface area contributed by atoms with Crippen molar-refractivity contribution in [3.63, 3.8) is 0 Å². The Hall–Kier alpha value is -3.77. The molecule has 0 aromatic heterocycles. The number of benzene rings is 3. The fraction of sp³-hybridized carbons (Fsp3) is 0.393. The van der Waals surface area contributed by atoms with Crippen LogP contribution in [0.15, 0.2) is 30.3 Å². The van der Waals surface area contributed by atoms with Crippen molar-refractivity contribution in [3.05, 3.63) is 41.5 Å². The van der Waals surface area contributed by atoms with Gasteiger partial charge in [-0.15, -0.1) is 0 Å². The van der Waals surface area contributed by atoms with Crippen LogP contribution in [0, 0.1) is 0 Å². The Morgan fingerprint density at radius 1 is 0.872 bits per heavy atom. The van der Waals surface area contributed by atoms with Crippen molar-refractivity contribution in [2.75, 3.05) is 41.8 Å². The van der Waals surface area contributed by atoms with Crippen molar-refractivity contribution < 1.29 is 52.5 Å². The smallest absolute Gasteiger partial charge is 0.339 e. The lowest BCUT2D eigenvalue weighted by molar-refractivity contribution is -0.252. The van der Waals surface area contributed by atoms with E-state index in [4.69, 9.17) is 42.6 Å². The second kappa shape index (κ2) is 10.1. The summed E-state index contributed by atoms with van der Waals surface area (Å²) in [4.78, 5) is 13.2. The van der Waals surface area contributed by atoms with Gasteiger partial charge in [0.2, 0.25) is 13.1 Å². The van der Waals surface area contributed by atoms with Crippen LogP contribution >= 0.6 is 0 Å². The molecule has 3 aliphatic rings. The first-order chi connectivity index (χ1) is 19.0. The maximum Gasteiger partial charge on any atom is 0.339 e. The van der Waals surface area contributed by atoms with Gasteiger partial charge >= 0.3 is 5.97 Å². The van der Waals surface area contributed by atoms with E-state index < -0.39 is 30.6 Å². The summed E-state index contributed by atoms with van der Waals surface area (Å²) in [5.41, 5.74) is 2.20. The number of esters is 1. The molecule has 3 aromatic rings. The van der Waals surface area contributed by atoms with E-state index in [1.165, 1.54) is 28.4 Å². The molecule has 1 N–H and O–H groups in total. The quantitative estimate of drug-likeness (QED) is 0.445. The van der Waals surface area contributed by atoms with E-state index in [0.29, 0.717) is 56.2 Å². The molecule has 4 atom stereocenters. The van der Waals surface area contributed by atoms with Gasteiger partial charge in [0.1, 0.15) is 30.7 Å². The average Bonchev–Trinajstić information content (AvgIpc) is 3.59. The largest absolute Gasteiger partial charge is 0.493 e. The molecule has 0 aliphatic carbocycles. The molecule has 3 heterocycles. The lowest BCUT2D eigenvalue weighted by Crippen LogP contribution is -2.56.